The maximum Gasteiger partial charge on any atom is 0.328 e. The van der Waals surface area contributed by atoms with E-state index in [0.717, 1.165) is 30.5 Å². The highest BCUT2D eigenvalue weighted by molar-refractivity contribution is 5.86. The van der Waals surface area contributed by atoms with Gasteiger partial charge in [-0.25, -0.2) is 4.79 Å². The van der Waals surface area contributed by atoms with E-state index < -0.39 is 6.04 Å². The van der Waals surface area contributed by atoms with Gasteiger partial charge in [-0.15, -0.1) is 0 Å². The molecule has 0 spiro atoms. The van der Waals surface area contributed by atoms with Crippen molar-refractivity contribution >= 4 is 11.9 Å². The van der Waals surface area contributed by atoms with Crippen LogP contribution in [0.1, 0.15) is 30.9 Å². The van der Waals surface area contributed by atoms with Crippen molar-refractivity contribution in [1.29, 1.82) is 0 Å². The summed E-state index contributed by atoms with van der Waals surface area (Å²) in [5.74, 6) is -0.487. The number of hydrogen-bond acceptors (Lipinski definition) is 5. The zero-order chi connectivity index (χ0) is 18.2. The van der Waals surface area contributed by atoms with Gasteiger partial charge in [-0.3, -0.25) is 9.69 Å². The van der Waals surface area contributed by atoms with E-state index in [1.807, 2.05) is 29.2 Å². The highest BCUT2D eigenvalue weighted by atomic mass is 16.5. The summed E-state index contributed by atoms with van der Waals surface area (Å²) in [5.41, 5.74) is 2.15. The van der Waals surface area contributed by atoms with Crippen molar-refractivity contribution in [2.45, 2.75) is 38.8 Å². The van der Waals surface area contributed by atoms with E-state index in [9.17, 15) is 14.7 Å². The topological polar surface area (TPSA) is 70.1 Å². The second-order valence-corrected chi connectivity index (χ2v) is 6.39. The Morgan fingerprint density at radius 2 is 2.00 bits per heavy atom. The predicted octanol–water partition coefficient (Wildman–Crippen LogP) is 1.21. The molecule has 0 saturated carbocycles. The van der Waals surface area contributed by atoms with E-state index in [1.165, 1.54) is 7.11 Å². The standard InChI is InChI=1S/C19H28N2O4/c1-3-4-9-20(10-11-22)14-18(23)21-13-16-8-6-5-7-15(16)12-17(21)19(24)25-2/h5-8,17,22H,3-4,9-14H2,1-2H3. The number of unbranched alkanes of at least 4 members (excludes halogenated alkanes) is 1. The first kappa shape index (κ1) is 19.4. The summed E-state index contributed by atoms with van der Waals surface area (Å²) in [4.78, 5) is 28.6. The van der Waals surface area contributed by atoms with Gasteiger partial charge in [0.2, 0.25) is 5.91 Å². The van der Waals surface area contributed by atoms with Gasteiger partial charge in [-0.05, 0) is 24.1 Å². The zero-order valence-electron chi connectivity index (χ0n) is 15.1. The van der Waals surface area contributed by atoms with Crippen molar-refractivity contribution < 1.29 is 19.4 Å². The smallest absolute Gasteiger partial charge is 0.328 e. The Morgan fingerprint density at radius 1 is 1.28 bits per heavy atom. The van der Waals surface area contributed by atoms with Gasteiger partial charge in [0.1, 0.15) is 6.04 Å². The van der Waals surface area contributed by atoms with Crippen molar-refractivity contribution in [1.82, 2.24) is 9.80 Å². The lowest BCUT2D eigenvalue weighted by Gasteiger charge is -2.36. The first-order valence-electron chi connectivity index (χ1n) is 8.88. The summed E-state index contributed by atoms with van der Waals surface area (Å²) in [6, 6.07) is 7.28. The van der Waals surface area contributed by atoms with Crippen LogP contribution in [0.5, 0.6) is 0 Å². The molecular weight excluding hydrogens is 320 g/mol. The summed E-state index contributed by atoms with van der Waals surface area (Å²) >= 11 is 0. The molecular formula is C19H28N2O4. The molecule has 2 rings (SSSR count). The number of rotatable bonds is 8. The molecule has 0 bridgehead atoms. The Hall–Kier alpha value is -1.92. The number of hydrogen-bond donors (Lipinski definition) is 1. The number of carbonyl (C=O) groups excluding carboxylic acids is 2. The zero-order valence-corrected chi connectivity index (χ0v) is 15.1. The van der Waals surface area contributed by atoms with Gasteiger partial charge in [0, 0.05) is 19.5 Å². The SMILES string of the molecule is CCCCN(CCO)CC(=O)N1Cc2ccccc2CC1C(=O)OC. The van der Waals surface area contributed by atoms with Crippen LogP contribution >= 0.6 is 0 Å². The number of nitrogens with zero attached hydrogens (tertiary/aromatic N) is 2. The number of esters is 1. The minimum Gasteiger partial charge on any atom is -0.467 e. The van der Waals surface area contributed by atoms with E-state index >= 15 is 0 Å². The molecule has 1 aromatic rings. The summed E-state index contributed by atoms with van der Waals surface area (Å²) in [5, 5.41) is 9.23. The van der Waals surface area contributed by atoms with Gasteiger partial charge in [0.05, 0.1) is 20.3 Å². The Labute approximate surface area is 149 Å². The molecule has 0 fully saturated rings. The minimum absolute atomic E-state index is 0.0141. The Bertz CT molecular complexity index is 591. The molecule has 6 nitrogen and oxygen atoms in total. The fraction of sp³-hybridized carbons (Fsp3) is 0.579. The third kappa shape index (κ3) is 5.03. The van der Waals surface area contributed by atoms with Crippen molar-refractivity contribution in [3.8, 4) is 0 Å². The second-order valence-electron chi connectivity index (χ2n) is 6.39. The normalized spacial score (nSPS) is 16.6. The molecule has 1 atom stereocenters. The maximum atomic E-state index is 12.9. The van der Waals surface area contributed by atoms with E-state index in [0.29, 0.717) is 19.5 Å². The first-order chi connectivity index (χ1) is 12.1. The van der Waals surface area contributed by atoms with Crippen LogP contribution in [0.2, 0.25) is 0 Å². The molecule has 6 heteroatoms. The number of carbonyl (C=O) groups is 2. The number of aliphatic hydroxyl groups excluding tert-OH is 1. The summed E-state index contributed by atoms with van der Waals surface area (Å²) in [6.07, 6.45) is 2.47. The Balaban J connectivity index is 2.15. The van der Waals surface area contributed by atoms with Crippen LogP contribution in [-0.4, -0.2) is 66.2 Å². The van der Waals surface area contributed by atoms with Crippen LogP contribution in [0.3, 0.4) is 0 Å². The fourth-order valence-corrected chi connectivity index (χ4v) is 3.21. The van der Waals surface area contributed by atoms with E-state index in [4.69, 9.17) is 4.74 Å². The van der Waals surface area contributed by atoms with Gasteiger partial charge in [0.25, 0.3) is 0 Å². The average molecular weight is 348 g/mol. The highest BCUT2D eigenvalue weighted by Crippen LogP contribution is 2.24. The molecule has 1 unspecified atom stereocenters. The monoisotopic (exact) mass is 348 g/mol. The molecule has 1 heterocycles. The maximum absolute atomic E-state index is 12.9. The van der Waals surface area contributed by atoms with Gasteiger partial charge >= 0.3 is 5.97 Å². The lowest BCUT2D eigenvalue weighted by molar-refractivity contribution is -0.154. The summed E-state index contributed by atoms with van der Waals surface area (Å²) < 4.78 is 4.92. The van der Waals surface area contributed by atoms with Crippen LogP contribution in [-0.2, 0) is 27.3 Å². The number of benzene rings is 1. The molecule has 1 amide bonds. The fourth-order valence-electron chi connectivity index (χ4n) is 3.21. The number of fused-ring (bicyclic) bond motifs is 1. The molecule has 0 aliphatic carbocycles. The molecule has 0 aromatic heterocycles. The van der Waals surface area contributed by atoms with Crippen LogP contribution in [0.15, 0.2) is 24.3 Å². The number of ether oxygens (including phenoxy) is 1. The van der Waals surface area contributed by atoms with E-state index in [1.54, 1.807) is 4.90 Å². The molecule has 0 saturated heterocycles. The highest BCUT2D eigenvalue weighted by Gasteiger charge is 2.35. The minimum atomic E-state index is -0.588. The van der Waals surface area contributed by atoms with Crippen molar-refractivity contribution in [3.63, 3.8) is 0 Å². The van der Waals surface area contributed by atoms with Crippen LogP contribution in [0.4, 0.5) is 0 Å². The largest absolute Gasteiger partial charge is 0.467 e. The molecule has 25 heavy (non-hydrogen) atoms. The van der Waals surface area contributed by atoms with Crippen molar-refractivity contribution in [2.24, 2.45) is 0 Å². The van der Waals surface area contributed by atoms with Gasteiger partial charge < -0.3 is 14.7 Å². The predicted molar refractivity (Wildman–Crippen MR) is 94.9 cm³/mol. The van der Waals surface area contributed by atoms with Crippen LogP contribution in [0, 0.1) is 0 Å². The average Bonchev–Trinajstić information content (AvgIpc) is 2.64. The Morgan fingerprint density at radius 3 is 2.64 bits per heavy atom. The lowest BCUT2D eigenvalue weighted by Crippen LogP contribution is -2.52. The van der Waals surface area contributed by atoms with E-state index in [2.05, 4.69) is 6.92 Å². The van der Waals surface area contributed by atoms with Crippen molar-refractivity contribution in [3.05, 3.63) is 35.4 Å². The third-order valence-corrected chi connectivity index (χ3v) is 4.65. The van der Waals surface area contributed by atoms with Crippen molar-refractivity contribution in [2.75, 3.05) is 33.4 Å². The number of aliphatic hydroxyl groups is 1. The lowest BCUT2D eigenvalue weighted by atomic mass is 9.94. The number of methoxy groups -OCH3 is 1. The van der Waals surface area contributed by atoms with Gasteiger partial charge in [0.15, 0.2) is 0 Å². The van der Waals surface area contributed by atoms with Gasteiger partial charge in [-0.1, -0.05) is 37.6 Å². The Kier molecular flexibility index (Phi) is 7.40. The quantitative estimate of drug-likeness (QED) is 0.715. The van der Waals surface area contributed by atoms with Crippen LogP contribution in [0.25, 0.3) is 0 Å². The van der Waals surface area contributed by atoms with E-state index in [-0.39, 0.29) is 25.0 Å². The van der Waals surface area contributed by atoms with Gasteiger partial charge in [-0.2, -0.15) is 0 Å². The molecule has 1 aliphatic heterocycles. The molecule has 1 N–H and O–H groups in total. The molecule has 0 radical (unpaired) electrons. The van der Waals surface area contributed by atoms with Crippen LogP contribution < -0.4 is 0 Å². The molecule has 138 valence electrons. The molecule has 1 aromatic carbocycles. The summed E-state index contributed by atoms with van der Waals surface area (Å²) in [6.45, 7) is 3.94. The third-order valence-electron chi connectivity index (χ3n) is 4.65. The summed E-state index contributed by atoms with van der Waals surface area (Å²) in [7, 11) is 1.35. The molecule has 1 aliphatic rings. The first-order valence-corrected chi connectivity index (χ1v) is 8.88. The second kappa shape index (κ2) is 9.53. The number of amides is 1.